The summed E-state index contributed by atoms with van der Waals surface area (Å²) < 4.78 is 0. The molecule has 1 saturated heterocycles. The van der Waals surface area contributed by atoms with Gasteiger partial charge in [0.05, 0.1) is 5.69 Å². The van der Waals surface area contributed by atoms with Crippen LogP contribution in [0.3, 0.4) is 0 Å². The molecule has 0 spiro atoms. The third kappa shape index (κ3) is 3.11. The minimum Gasteiger partial charge on any atom is -0.286 e. The van der Waals surface area contributed by atoms with Crippen molar-refractivity contribution in [3.8, 4) is 0 Å². The molecule has 0 aliphatic carbocycles. The van der Waals surface area contributed by atoms with Gasteiger partial charge in [0.1, 0.15) is 5.50 Å². The lowest BCUT2D eigenvalue weighted by atomic mass is 9.95. The molecule has 1 unspecified atom stereocenters. The Morgan fingerprint density at radius 3 is 2.62 bits per heavy atom. The second kappa shape index (κ2) is 6.84. The number of hydrogen-bond donors (Lipinski definition) is 1. The highest BCUT2D eigenvalue weighted by Crippen LogP contribution is 2.36. The van der Waals surface area contributed by atoms with Gasteiger partial charge in [-0.05, 0) is 30.0 Å². The van der Waals surface area contributed by atoms with E-state index in [2.05, 4.69) is 50.8 Å². The predicted molar refractivity (Wildman–Crippen MR) is 92.0 cm³/mol. The number of thiol groups is 1. The van der Waals surface area contributed by atoms with E-state index in [0.29, 0.717) is 12.3 Å². The van der Waals surface area contributed by atoms with Crippen LogP contribution in [0, 0.1) is 0 Å². The lowest BCUT2D eigenvalue weighted by Crippen LogP contribution is -2.54. The minimum atomic E-state index is -0.165. The fraction of sp³-hybridized carbons (Fsp3) is 0.588. The third-order valence-electron chi connectivity index (χ3n) is 4.24. The summed E-state index contributed by atoms with van der Waals surface area (Å²) in [5, 5.41) is 0. The molecule has 3 nitrogen and oxygen atoms in total. The molecule has 0 aromatic heterocycles. The summed E-state index contributed by atoms with van der Waals surface area (Å²) in [7, 11) is 0. The van der Waals surface area contributed by atoms with E-state index in [9.17, 15) is 4.79 Å². The number of rotatable bonds is 4. The van der Waals surface area contributed by atoms with Crippen LogP contribution in [0.15, 0.2) is 18.2 Å². The monoisotopic (exact) mass is 306 g/mol. The average Bonchev–Trinajstić information content (AvgIpc) is 2.47. The quantitative estimate of drug-likeness (QED) is 0.859. The van der Waals surface area contributed by atoms with Crippen LogP contribution in [0.2, 0.25) is 0 Å². The molecule has 0 saturated carbocycles. The molecule has 0 N–H and O–H groups in total. The van der Waals surface area contributed by atoms with Crippen molar-refractivity contribution in [3.05, 3.63) is 29.3 Å². The van der Waals surface area contributed by atoms with E-state index in [1.165, 1.54) is 11.1 Å². The first-order valence-electron chi connectivity index (χ1n) is 7.87. The fourth-order valence-electron chi connectivity index (χ4n) is 2.99. The maximum absolute atomic E-state index is 12.6. The van der Waals surface area contributed by atoms with Gasteiger partial charge in [-0.25, -0.2) is 0 Å². The summed E-state index contributed by atoms with van der Waals surface area (Å²) >= 11 is 4.73. The van der Waals surface area contributed by atoms with Crippen LogP contribution < -0.4 is 4.90 Å². The molecule has 116 valence electrons. The van der Waals surface area contributed by atoms with Crippen molar-refractivity contribution in [3.63, 3.8) is 0 Å². The van der Waals surface area contributed by atoms with Gasteiger partial charge in [-0.15, -0.1) is 12.6 Å². The smallest absolute Gasteiger partial charge is 0.230 e. The summed E-state index contributed by atoms with van der Waals surface area (Å²) in [6.07, 6.45) is 1.49. The second-order valence-electron chi connectivity index (χ2n) is 5.85. The molecular formula is C17H26N2OS. The summed E-state index contributed by atoms with van der Waals surface area (Å²) in [6, 6.07) is 6.36. The van der Waals surface area contributed by atoms with Crippen LogP contribution in [0.25, 0.3) is 0 Å². The number of carbonyl (C=O) groups is 1. The van der Waals surface area contributed by atoms with E-state index in [-0.39, 0.29) is 11.4 Å². The van der Waals surface area contributed by atoms with Crippen LogP contribution in [0.5, 0.6) is 0 Å². The number of benzene rings is 1. The molecule has 1 heterocycles. The number of nitrogens with zero attached hydrogens (tertiary/aromatic N) is 2. The van der Waals surface area contributed by atoms with Gasteiger partial charge in [0, 0.05) is 13.0 Å². The van der Waals surface area contributed by atoms with Crippen molar-refractivity contribution in [2.24, 2.45) is 0 Å². The van der Waals surface area contributed by atoms with Gasteiger partial charge < -0.3 is 0 Å². The Balaban J connectivity index is 2.54. The van der Waals surface area contributed by atoms with E-state index in [1.54, 1.807) is 0 Å². The van der Waals surface area contributed by atoms with Crippen LogP contribution in [0.1, 0.15) is 51.2 Å². The Morgan fingerprint density at radius 1 is 1.33 bits per heavy atom. The maximum Gasteiger partial charge on any atom is 0.230 e. The minimum absolute atomic E-state index is 0.165. The van der Waals surface area contributed by atoms with Gasteiger partial charge in [0.2, 0.25) is 5.91 Å². The SMILES string of the molecule is CCc1cccc(C(C)C)c1N1C(=O)CCN(CC)C1S. The highest BCUT2D eigenvalue weighted by atomic mass is 32.1. The van der Waals surface area contributed by atoms with Crippen LogP contribution in [-0.4, -0.2) is 29.4 Å². The maximum atomic E-state index is 12.6. The zero-order chi connectivity index (χ0) is 15.6. The van der Waals surface area contributed by atoms with Crippen LogP contribution in [0.4, 0.5) is 5.69 Å². The molecule has 4 heteroatoms. The number of carbonyl (C=O) groups excluding carboxylic acids is 1. The molecule has 1 aromatic carbocycles. The van der Waals surface area contributed by atoms with Crippen molar-refractivity contribution in [2.75, 3.05) is 18.0 Å². The average molecular weight is 306 g/mol. The predicted octanol–water partition coefficient (Wildman–Crippen LogP) is 3.64. The molecule has 1 aliphatic heterocycles. The molecule has 0 radical (unpaired) electrons. The largest absolute Gasteiger partial charge is 0.286 e. The molecule has 1 atom stereocenters. The first-order valence-corrected chi connectivity index (χ1v) is 8.38. The molecule has 2 rings (SSSR count). The summed E-state index contributed by atoms with van der Waals surface area (Å²) in [4.78, 5) is 16.7. The standard InChI is InChI=1S/C17H26N2OS/c1-5-13-8-7-9-14(12(3)4)16(13)19-15(20)10-11-18(6-2)17(19)21/h7-9,12,17,21H,5-6,10-11H2,1-4H3. The van der Waals surface area contributed by atoms with E-state index in [4.69, 9.17) is 12.6 Å². The van der Waals surface area contributed by atoms with Gasteiger partial charge >= 0.3 is 0 Å². The van der Waals surface area contributed by atoms with Crippen molar-refractivity contribution in [1.29, 1.82) is 0 Å². The molecule has 1 aliphatic rings. The lowest BCUT2D eigenvalue weighted by molar-refractivity contribution is -0.121. The van der Waals surface area contributed by atoms with Crippen molar-refractivity contribution in [1.82, 2.24) is 4.90 Å². The Hall–Kier alpha value is -1.000. The Kier molecular flexibility index (Phi) is 5.33. The first-order chi connectivity index (χ1) is 10.0. The Bertz CT molecular complexity index is 516. The zero-order valence-corrected chi connectivity index (χ0v) is 14.4. The fourth-order valence-corrected chi connectivity index (χ4v) is 3.51. The van der Waals surface area contributed by atoms with Crippen molar-refractivity contribution in [2.45, 2.75) is 52.0 Å². The zero-order valence-electron chi connectivity index (χ0n) is 13.5. The Labute approximate surface area is 133 Å². The van der Waals surface area contributed by atoms with Crippen LogP contribution >= 0.6 is 12.6 Å². The second-order valence-corrected chi connectivity index (χ2v) is 6.31. The molecule has 1 aromatic rings. The highest BCUT2D eigenvalue weighted by molar-refractivity contribution is 7.81. The summed E-state index contributed by atoms with van der Waals surface area (Å²) in [6.45, 7) is 10.3. The highest BCUT2D eigenvalue weighted by Gasteiger charge is 2.34. The van der Waals surface area contributed by atoms with Crippen LogP contribution in [-0.2, 0) is 11.2 Å². The number of aryl methyl sites for hydroxylation is 1. The van der Waals surface area contributed by atoms with E-state index in [1.807, 2.05) is 4.90 Å². The van der Waals surface area contributed by atoms with Crippen molar-refractivity contribution < 1.29 is 4.79 Å². The number of amides is 1. The molecular weight excluding hydrogens is 280 g/mol. The molecule has 1 amide bonds. The number of para-hydroxylation sites is 1. The van der Waals surface area contributed by atoms with E-state index in [0.717, 1.165) is 25.2 Å². The number of hydrogen-bond acceptors (Lipinski definition) is 3. The molecule has 0 bridgehead atoms. The van der Waals surface area contributed by atoms with Gasteiger partial charge in [-0.2, -0.15) is 0 Å². The molecule has 21 heavy (non-hydrogen) atoms. The summed E-state index contributed by atoms with van der Waals surface area (Å²) in [5.74, 6) is 0.569. The van der Waals surface area contributed by atoms with E-state index >= 15 is 0 Å². The van der Waals surface area contributed by atoms with Gasteiger partial charge in [0.15, 0.2) is 0 Å². The van der Waals surface area contributed by atoms with Gasteiger partial charge in [-0.3, -0.25) is 14.6 Å². The molecule has 1 fully saturated rings. The topological polar surface area (TPSA) is 23.6 Å². The van der Waals surface area contributed by atoms with E-state index < -0.39 is 0 Å². The number of anilines is 1. The summed E-state index contributed by atoms with van der Waals surface area (Å²) in [5.41, 5.74) is 3.38. The first kappa shape index (κ1) is 16.4. The van der Waals surface area contributed by atoms with Gasteiger partial charge in [0.25, 0.3) is 0 Å². The third-order valence-corrected chi connectivity index (χ3v) is 4.80. The van der Waals surface area contributed by atoms with Gasteiger partial charge in [-0.1, -0.05) is 45.9 Å². The normalized spacial score (nSPS) is 20.4. The Morgan fingerprint density at radius 2 is 2.05 bits per heavy atom. The van der Waals surface area contributed by atoms with Crippen molar-refractivity contribution >= 4 is 24.2 Å². The lowest BCUT2D eigenvalue weighted by Gasteiger charge is -2.42.